The summed E-state index contributed by atoms with van der Waals surface area (Å²) in [6.45, 7) is 1.63. The average Bonchev–Trinajstić information content (AvgIpc) is 3.00. The minimum Gasteiger partial charge on any atom is -0.497 e. The van der Waals surface area contributed by atoms with E-state index in [0.717, 1.165) is 46.8 Å². The molecule has 226 valence electrons. The van der Waals surface area contributed by atoms with E-state index < -0.39 is 27.5 Å². The Morgan fingerprint density at radius 1 is 0.907 bits per heavy atom. The standard InChI is InChI=1S/C32H30F3NO6S/c1-39-24-10-13-26-21(18-24)7-12-28-27-14-11-25(42-43(37,38)32(33,34)35)19-29(27)41-31(30(26)28)20-5-8-23(9-6-20)40-17-15-22-4-2-3-16-36-22/h5-14,18-19,22,31,36H,2-4,15-17H2,1H3. The molecule has 4 aromatic rings. The zero-order chi connectivity index (χ0) is 30.2. The molecule has 11 heteroatoms. The highest BCUT2D eigenvalue weighted by atomic mass is 32.2. The van der Waals surface area contributed by atoms with Crippen LogP contribution in [0.25, 0.3) is 21.9 Å². The van der Waals surface area contributed by atoms with E-state index in [0.29, 0.717) is 29.7 Å². The van der Waals surface area contributed by atoms with Crippen LogP contribution in [-0.4, -0.2) is 40.2 Å². The molecule has 2 atom stereocenters. The van der Waals surface area contributed by atoms with Crippen molar-refractivity contribution in [1.29, 1.82) is 0 Å². The molecule has 0 amide bonds. The molecule has 2 heterocycles. The Kier molecular flexibility index (Phi) is 7.87. The van der Waals surface area contributed by atoms with E-state index in [4.69, 9.17) is 14.2 Å². The molecule has 1 fully saturated rings. The minimum absolute atomic E-state index is 0.195. The van der Waals surface area contributed by atoms with Gasteiger partial charge in [-0.1, -0.05) is 36.8 Å². The minimum atomic E-state index is -5.84. The zero-order valence-corrected chi connectivity index (χ0v) is 24.1. The van der Waals surface area contributed by atoms with Gasteiger partial charge in [0, 0.05) is 23.2 Å². The van der Waals surface area contributed by atoms with Gasteiger partial charge in [-0.2, -0.15) is 21.6 Å². The number of halogens is 3. The van der Waals surface area contributed by atoms with E-state index in [2.05, 4.69) is 9.50 Å². The van der Waals surface area contributed by atoms with Crippen LogP contribution in [0, 0.1) is 0 Å². The van der Waals surface area contributed by atoms with E-state index in [-0.39, 0.29) is 5.75 Å². The third-order valence-corrected chi connectivity index (χ3v) is 8.82. The van der Waals surface area contributed by atoms with Crippen molar-refractivity contribution in [3.8, 4) is 34.1 Å². The van der Waals surface area contributed by atoms with Crippen LogP contribution in [0.4, 0.5) is 13.2 Å². The van der Waals surface area contributed by atoms with Gasteiger partial charge in [-0.15, -0.1) is 0 Å². The smallest absolute Gasteiger partial charge is 0.497 e. The number of hydrogen-bond acceptors (Lipinski definition) is 7. The molecule has 2 unspecified atom stereocenters. The second kappa shape index (κ2) is 11.6. The summed E-state index contributed by atoms with van der Waals surface area (Å²) in [4.78, 5) is 0. The van der Waals surface area contributed by atoms with Crippen LogP contribution in [0.1, 0.15) is 42.9 Å². The topological polar surface area (TPSA) is 83.1 Å². The third kappa shape index (κ3) is 5.96. The number of benzene rings is 4. The second-order valence-electron chi connectivity index (χ2n) is 10.6. The predicted octanol–water partition coefficient (Wildman–Crippen LogP) is 7.14. The molecule has 7 nitrogen and oxygen atoms in total. The molecular weight excluding hydrogens is 583 g/mol. The van der Waals surface area contributed by atoms with Crippen molar-refractivity contribution in [2.75, 3.05) is 20.3 Å². The van der Waals surface area contributed by atoms with Crippen molar-refractivity contribution >= 4 is 20.9 Å². The first-order valence-corrected chi connectivity index (χ1v) is 15.4. The number of methoxy groups -OCH3 is 1. The fourth-order valence-corrected chi connectivity index (χ4v) is 6.13. The highest BCUT2D eigenvalue weighted by molar-refractivity contribution is 7.88. The number of nitrogens with one attached hydrogen (secondary N) is 1. The molecule has 6 rings (SSSR count). The van der Waals surface area contributed by atoms with Gasteiger partial charge in [0.15, 0.2) is 6.10 Å². The first-order chi connectivity index (χ1) is 20.6. The molecule has 1 N–H and O–H groups in total. The summed E-state index contributed by atoms with van der Waals surface area (Å²) in [5.74, 6) is 1.10. The van der Waals surface area contributed by atoms with Crippen LogP contribution in [0.2, 0.25) is 0 Å². The van der Waals surface area contributed by atoms with Crippen LogP contribution in [0.3, 0.4) is 0 Å². The largest absolute Gasteiger partial charge is 0.534 e. The van der Waals surface area contributed by atoms with Crippen LogP contribution in [-0.2, 0) is 10.1 Å². The average molecular weight is 614 g/mol. The molecular formula is C32H30F3NO6S. The Balaban J connectivity index is 1.34. The lowest BCUT2D eigenvalue weighted by atomic mass is 9.86. The van der Waals surface area contributed by atoms with Crippen molar-refractivity contribution in [1.82, 2.24) is 5.32 Å². The summed E-state index contributed by atoms with van der Waals surface area (Å²) in [6, 6.07) is 21.4. The van der Waals surface area contributed by atoms with E-state index in [1.165, 1.54) is 31.0 Å². The Bertz CT molecular complexity index is 1740. The Hall–Kier alpha value is -3.96. The normalized spacial score (nSPS) is 18.3. The number of ether oxygens (including phenoxy) is 3. The fraction of sp³-hybridized carbons (Fsp3) is 0.312. The lowest BCUT2D eigenvalue weighted by molar-refractivity contribution is -0.0500. The summed E-state index contributed by atoms with van der Waals surface area (Å²) in [5.41, 5.74) is -2.52. The highest BCUT2D eigenvalue weighted by Gasteiger charge is 2.48. The first-order valence-electron chi connectivity index (χ1n) is 14.0. The number of hydrogen-bond donors (Lipinski definition) is 1. The van der Waals surface area contributed by atoms with E-state index in [9.17, 15) is 21.6 Å². The number of alkyl halides is 3. The molecule has 0 spiro atoms. The molecule has 0 saturated carbocycles. The molecule has 0 bridgehead atoms. The quantitative estimate of drug-likeness (QED) is 0.167. The maximum Gasteiger partial charge on any atom is 0.534 e. The number of rotatable bonds is 8. The summed E-state index contributed by atoms with van der Waals surface area (Å²) in [7, 11) is -4.25. The molecule has 43 heavy (non-hydrogen) atoms. The SMILES string of the molecule is COc1ccc2c3c(ccc2c1)-c1ccc(OS(=O)(=O)C(F)(F)F)cc1OC3c1ccc(OCCC2CCCCN2)cc1. The molecule has 2 aliphatic heterocycles. The van der Waals surface area contributed by atoms with Crippen molar-refractivity contribution < 1.29 is 40.0 Å². The number of piperidine rings is 1. The van der Waals surface area contributed by atoms with Gasteiger partial charge >= 0.3 is 15.6 Å². The Morgan fingerprint density at radius 2 is 1.65 bits per heavy atom. The summed E-state index contributed by atoms with van der Waals surface area (Å²) in [5, 5.41) is 5.35. The Morgan fingerprint density at radius 3 is 2.37 bits per heavy atom. The molecule has 0 aromatic heterocycles. The lowest BCUT2D eigenvalue weighted by Gasteiger charge is -2.31. The second-order valence-corrected chi connectivity index (χ2v) is 12.1. The van der Waals surface area contributed by atoms with Gasteiger partial charge in [0.25, 0.3) is 0 Å². The van der Waals surface area contributed by atoms with Gasteiger partial charge in [-0.3, -0.25) is 0 Å². The van der Waals surface area contributed by atoms with Crippen molar-refractivity contribution in [2.45, 2.75) is 43.3 Å². The predicted molar refractivity (Wildman–Crippen MR) is 156 cm³/mol. The van der Waals surface area contributed by atoms with Gasteiger partial charge in [-0.25, -0.2) is 0 Å². The van der Waals surface area contributed by atoms with Crippen LogP contribution < -0.4 is 23.7 Å². The summed E-state index contributed by atoms with van der Waals surface area (Å²) >= 11 is 0. The van der Waals surface area contributed by atoms with Crippen LogP contribution >= 0.6 is 0 Å². The van der Waals surface area contributed by atoms with Gasteiger partial charge in [0.2, 0.25) is 0 Å². The molecule has 0 radical (unpaired) electrons. The number of fused-ring (bicyclic) bond motifs is 5. The van der Waals surface area contributed by atoms with Gasteiger partial charge in [0.05, 0.1) is 13.7 Å². The van der Waals surface area contributed by atoms with Gasteiger partial charge in [-0.05, 0) is 84.1 Å². The summed E-state index contributed by atoms with van der Waals surface area (Å²) < 4.78 is 84.5. The maximum atomic E-state index is 13.0. The lowest BCUT2D eigenvalue weighted by Crippen LogP contribution is -2.35. The monoisotopic (exact) mass is 613 g/mol. The first kappa shape index (κ1) is 29.1. The van der Waals surface area contributed by atoms with Gasteiger partial charge in [0.1, 0.15) is 23.0 Å². The molecule has 2 aliphatic rings. The van der Waals surface area contributed by atoms with E-state index in [1.54, 1.807) is 7.11 Å². The molecule has 4 aromatic carbocycles. The molecule has 1 saturated heterocycles. The van der Waals surface area contributed by atoms with E-state index in [1.807, 2.05) is 54.6 Å². The van der Waals surface area contributed by atoms with E-state index >= 15 is 0 Å². The fourth-order valence-electron chi connectivity index (χ4n) is 5.67. The van der Waals surface area contributed by atoms with Crippen LogP contribution in [0.15, 0.2) is 72.8 Å². The van der Waals surface area contributed by atoms with Crippen LogP contribution in [0.5, 0.6) is 23.0 Å². The maximum absolute atomic E-state index is 13.0. The Labute approximate surface area is 247 Å². The zero-order valence-electron chi connectivity index (χ0n) is 23.3. The third-order valence-electron chi connectivity index (χ3n) is 7.84. The summed E-state index contributed by atoms with van der Waals surface area (Å²) in [6.07, 6.45) is 3.85. The van der Waals surface area contributed by atoms with Crippen molar-refractivity contribution in [3.63, 3.8) is 0 Å². The molecule has 0 aliphatic carbocycles. The highest BCUT2D eigenvalue weighted by Crippen LogP contribution is 2.49. The van der Waals surface area contributed by atoms with Gasteiger partial charge < -0.3 is 23.7 Å². The van der Waals surface area contributed by atoms with Crippen molar-refractivity contribution in [3.05, 3.63) is 83.9 Å². The van der Waals surface area contributed by atoms with Crippen molar-refractivity contribution in [2.24, 2.45) is 0 Å².